The van der Waals surface area contributed by atoms with Crippen molar-refractivity contribution >= 4 is 23.0 Å². The number of ether oxygens (including phenoxy) is 2. The monoisotopic (exact) mass is 683 g/mol. The Morgan fingerprint density at radius 2 is 1.68 bits per heavy atom. The Bertz CT molecular complexity index is 1790. The summed E-state index contributed by atoms with van der Waals surface area (Å²) >= 11 is 0. The van der Waals surface area contributed by atoms with Gasteiger partial charge in [-0.1, -0.05) is 83.6 Å². The average Bonchev–Trinajstić information content (AvgIpc) is 3.48. The van der Waals surface area contributed by atoms with Crippen LogP contribution in [0.3, 0.4) is 0 Å². The second-order valence-electron chi connectivity index (χ2n) is 13.5. The summed E-state index contributed by atoms with van der Waals surface area (Å²) in [5.41, 5.74) is 2.29. The number of fused-ring (bicyclic) bond motifs is 5. The molecule has 268 valence electrons. The number of nitrogens with zero attached hydrogens (tertiary/aromatic N) is 2. The van der Waals surface area contributed by atoms with Crippen molar-refractivity contribution in [2.45, 2.75) is 129 Å². The Balaban J connectivity index is 1.10. The lowest BCUT2D eigenvalue weighted by Crippen LogP contribution is -2.44. The van der Waals surface area contributed by atoms with Crippen molar-refractivity contribution in [3.63, 3.8) is 0 Å². The minimum Gasteiger partial charge on any atom is -0.458 e. The molecule has 2 aromatic heterocycles. The van der Waals surface area contributed by atoms with E-state index in [1.54, 1.807) is 23.6 Å². The molecule has 1 amide bonds. The number of carbonyl (C=O) groups excluding carboxylic acids is 2. The number of aryl methyl sites for hydroxylation is 1. The topological polar surface area (TPSA) is 120 Å². The van der Waals surface area contributed by atoms with Gasteiger partial charge in [0.15, 0.2) is 5.60 Å². The highest BCUT2D eigenvalue weighted by atomic mass is 16.6. The molecule has 0 bridgehead atoms. The third-order valence-electron chi connectivity index (χ3n) is 9.99. The van der Waals surface area contributed by atoms with Crippen molar-refractivity contribution in [2.24, 2.45) is 0 Å². The number of allylic oxidation sites excluding steroid dienone is 4. The van der Waals surface area contributed by atoms with E-state index in [4.69, 9.17) is 14.5 Å². The van der Waals surface area contributed by atoms with Gasteiger partial charge in [0.1, 0.15) is 12.4 Å². The number of rotatable bonds is 18. The second-order valence-corrected chi connectivity index (χ2v) is 13.5. The Hall–Kier alpha value is -4.24. The molecule has 0 unspecified atom stereocenters. The van der Waals surface area contributed by atoms with Gasteiger partial charge < -0.3 is 24.5 Å². The van der Waals surface area contributed by atoms with Crippen LogP contribution in [0.15, 0.2) is 53.4 Å². The lowest BCUT2D eigenvalue weighted by molar-refractivity contribution is -0.172. The molecule has 9 nitrogen and oxygen atoms in total. The van der Waals surface area contributed by atoms with Crippen LogP contribution in [-0.4, -0.2) is 33.3 Å². The molecule has 5 rings (SSSR count). The van der Waals surface area contributed by atoms with Crippen LogP contribution in [0.1, 0.15) is 126 Å². The molecule has 9 heteroatoms. The van der Waals surface area contributed by atoms with Crippen molar-refractivity contribution in [3.8, 4) is 17.1 Å². The lowest BCUT2D eigenvalue weighted by atomic mass is 9.86. The number of aromatic nitrogens is 2. The number of benzene rings is 1. The van der Waals surface area contributed by atoms with Crippen LogP contribution in [0.4, 0.5) is 4.79 Å². The molecule has 0 radical (unpaired) electrons. The number of cyclic esters (lactones) is 1. The maximum absolute atomic E-state index is 13.6. The summed E-state index contributed by atoms with van der Waals surface area (Å²) < 4.78 is 12.5. The van der Waals surface area contributed by atoms with E-state index in [2.05, 4.69) is 36.5 Å². The molecular formula is C41H53N3O6. The third kappa shape index (κ3) is 8.37. The summed E-state index contributed by atoms with van der Waals surface area (Å²) in [6, 6.07) is 7.10. The number of esters is 1. The van der Waals surface area contributed by atoms with Crippen molar-refractivity contribution in [2.75, 3.05) is 6.54 Å². The number of hydrogen-bond acceptors (Lipinski definition) is 7. The van der Waals surface area contributed by atoms with Crippen LogP contribution in [0.5, 0.6) is 5.75 Å². The van der Waals surface area contributed by atoms with E-state index in [1.165, 1.54) is 44.9 Å². The first kappa shape index (κ1) is 37.0. The van der Waals surface area contributed by atoms with Crippen molar-refractivity contribution in [1.29, 1.82) is 0 Å². The van der Waals surface area contributed by atoms with Gasteiger partial charge in [-0.3, -0.25) is 4.79 Å². The standard InChI is InChI=1S/C41H53N3O6/c1-4-7-8-9-10-11-12-13-14-15-16-17-18-19-20-21-24-42-40(47)50-29-22-23-35-31(25-29)30(5-2)32-27-44-36(37(32)43-35)26-34-33(38(44)45)28-49-39(46)41(34,48)6-3/h10-11,13-14,22-23,25-26,48H,4-9,12,15-21,24,27-28H2,1-3H3,(H,42,47)/t41-/m0/s1. The Labute approximate surface area is 295 Å². The minimum absolute atomic E-state index is 0.0898. The number of carbonyl (C=O) groups is 2. The maximum Gasteiger partial charge on any atom is 0.412 e. The molecule has 1 aromatic carbocycles. The van der Waals surface area contributed by atoms with Crippen LogP contribution in [0.25, 0.3) is 22.3 Å². The fourth-order valence-electron chi connectivity index (χ4n) is 7.05. The summed E-state index contributed by atoms with van der Waals surface area (Å²) in [7, 11) is 0. The molecule has 50 heavy (non-hydrogen) atoms. The zero-order valence-electron chi connectivity index (χ0n) is 30.0. The molecule has 2 aliphatic heterocycles. The number of amides is 1. The first-order chi connectivity index (χ1) is 24.3. The van der Waals surface area contributed by atoms with Crippen LogP contribution in [0, 0.1) is 0 Å². The first-order valence-electron chi connectivity index (χ1n) is 18.7. The highest BCUT2D eigenvalue weighted by Crippen LogP contribution is 2.40. The smallest absolute Gasteiger partial charge is 0.412 e. The predicted molar refractivity (Wildman–Crippen MR) is 197 cm³/mol. The molecule has 3 aromatic rings. The van der Waals surface area contributed by atoms with E-state index in [0.717, 1.165) is 48.6 Å². The molecule has 4 heterocycles. The van der Waals surface area contributed by atoms with Crippen LogP contribution in [-0.2, 0) is 34.7 Å². The Morgan fingerprint density at radius 3 is 2.40 bits per heavy atom. The van der Waals surface area contributed by atoms with Crippen LogP contribution >= 0.6 is 0 Å². The molecule has 0 saturated heterocycles. The number of unbranched alkanes of at least 4 members (excludes halogenated alkanes) is 9. The van der Waals surface area contributed by atoms with Crippen LogP contribution in [0.2, 0.25) is 0 Å². The van der Waals surface area contributed by atoms with Crippen molar-refractivity contribution in [3.05, 3.63) is 81.2 Å². The van der Waals surface area contributed by atoms with Gasteiger partial charge in [-0.2, -0.15) is 0 Å². The molecule has 0 saturated carbocycles. The number of hydrogen-bond donors (Lipinski definition) is 2. The lowest BCUT2D eigenvalue weighted by Gasteiger charge is -2.31. The van der Waals surface area contributed by atoms with E-state index in [0.29, 0.717) is 53.3 Å². The number of nitrogens with one attached hydrogen (secondary N) is 1. The molecule has 0 fully saturated rings. The molecule has 0 spiro atoms. The molecule has 2 N–H and O–H groups in total. The van der Waals surface area contributed by atoms with Gasteiger partial charge >= 0.3 is 12.1 Å². The summed E-state index contributed by atoms with van der Waals surface area (Å²) in [5.74, 6) is -0.316. The molecule has 0 aliphatic carbocycles. The highest BCUT2D eigenvalue weighted by Gasteiger charge is 2.45. The zero-order chi connectivity index (χ0) is 35.5. The van der Waals surface area contributed by atoms with Gasteiger partial charge in [0, 0.05) is 23.1 Å². The largest absolute Gasteiger partial charge is 0.458 e. The van der Waals surface area contributed by atoms with Gasteiger partial charge in [0.25, 0.3) is 5.56 Å². The van der Waals surface area contributed by atoms with E-state index in [1.807, 2.05) is 19.1 Å². The van der Waals surface area contributed by atoms with Gasteiger partial charge in [0.2, 0.25) is 0 Å². The molecule has 2 aliphatic rings. The SMILES string of the molecule is CCCCCC=CCC=CCCCCCCCCNC(=O)Oc1ccc2nc3c(c(CC)c2c1)Cn1c-3cc2c(c1=O)COC(=O)[C@]2(O)CC. The highest BCUT2D eigenvalue weighted by molar-refractivity contribution is 5.90. The fraction of sp³-hybridized carbons (Fsp3) is 0.512. The van der Waals surface area contributed by atoms with Gasteiger partial charge in [-0.05, 0) is 81.2 Å². The Kier molecular flexibility index (Phi) is 13.0. The second kappa shape index (κ2) is 17.6. The van der Waals surface area contributed by atoms with E-state index < -0.39 is 17.7 Å². The van der Waals surface area contributed by atoms with Gasteiger partial charge in [-0.25, -0.2) is 14.6 Å². The zero-order valence-corrected chi connectivity index (χ0v) is 30.0. The van der Waals surface area contributed by atoms with E-state index >= 15 is 0 Å². The number of pyridine rings is 2. The quantitative estimate of drug-likeness (QED) is 0.0613. The normalized spacial score (nSPS) is 16.5. The first-order valence-corrected chi connectivity index (χ1v) is 18.7. The van der Waals surface area contributed by atoms with Crippen molar-refractivity contribution in [1.82, 2.24) is 14.9 Å². The summed E-state index contributed by atoms with van der Waals surface area (Å²) in [6.45, 7) is 6.69. The fourth-order valence-corrected chi connectivity index (χ4v) is 7.05. The van der Waals surface area contributed by atoms with Crippen molar-refractivity contribution < 1.29 is 24.2 Å². The minimum atomic E-state index is -1.87. The van der Waals surface area contributed by atoms with E-state index in [9.17, 15) is 19.5 Å². The summed E-state index contributed by atoms with van der Waals surface area (Å²) in [4.78, 5) is 43.6. The molecular weight excluding hydrogens is 630 g/mol. The average molecular weight is 684 g/mol. The number of aliphatic hydroxyl groups is 1. The van der Waals surface area contributed by atoms with Gasteiger partial charge in [0.05, 0.1) is 29.0 Å². The van der Waals surface area contributed by atoms with Crippen LogP contribution < -0.4 is 15.6 Å². The summed E-state index contributed by atoms with van der Waals surface area (Å²) in [5, 5.41) is 14.9. The Morgan fingerprint density at radius 1 is 0.960 bits per heavy atom. The third-order valence-corrected chi connectivity index (χ3v) is 9.99. The van der Waals surface area contributed by atoms with E-state index in [-0.39, 0.29) is 18.6 Å². The molecule has 1 atom stereocenters. The van der Waals surface area contributed by atoms with Gasteiger partial charge in [-0.15, -0.1) is 0 Å². The summed E-state index contributed by atoms with van der Waals surface area (Å²) in [6.07, 6.45) is 23.5. The maximum atomic E-state index is 13.6. The predicted octanol–water partition coefficient (Wildman–Crippen LogP) is 8.54.